The second-order valence-corrected chi connectivity index (χ2v) is 8.07. The fourth-order valence-electron chi connectivity index (χ4n) is 3.66. The van der Waals surface area contributed by atoms with Gasteiger partial charge >= 0.3 is 0 Å². The van der Waals surface area contributed by atoms with Crippen LogP contribution in [0.4, 0.5) is 0 Å². The van der Waals surface area contributed by atoms with E-state index in [9.17, 15) is 0 Å². The van der Waals surface area contributed by atoms with E-state index in [2.05, 4.69) is 44.0 Å². The van der Waals surface area contributed by atoms with Crippen molar-refractivity contribution < 1.29 is 9.47 Å². The highest BCUT2D eigenvalue weighted by Crippen LogP contribution is 2.43. The Morgan fingerprint density at radius 3 is 2.89 bits per heavy atom. The molecule has 0 unspecified atom stereocenters. The van der Waals surface area contributed by atoms with Gasteiger partial charge in [-0.1, -0.05) is 36.0 Å². The van der Waals surface area contributed by atoms with Gasteiger partial charge in [-0.2, -0.15) is 0 Å². The third-order valence-electron chi connectivity index (χ3n) is 5.21. The fourth-order valence-corrected chi connectivity index (χ4v) is 4.60. The molecule has 0 bridgehead atoms. The average molecular weight is 390 g/mol. The molecule has 28 heavy (non-hydrogen) atoms. The molecule has 1 fully saturated rings. The Morgan fingerprint density at radius 2 is 1.96 bits per heavy atom. The lowest BCUT2D eigenvalue weighted by molar-refractivity contribution is 0.174. The number of hydrogen-bond donors (Lipinski definition) is 1. The molecule has 1 aliphatic carbocycles. The largest absolute Gasteiger partial charge is 0.454 e. The van der Waals surface area contributed by atoms with Crippen LogP contribution in [0.2, 0.25) is 0 Å². The Morgan fingerprint density at radius 1 is 1.07 bits per heavy atom. The van der Waals surface area contributed by atoms with E-state index in [1.165, 1.54) is 23.8 Å². The third-order valence-corrected chi connectivity index (χ3v) is 6.23. The normalized spacial score (nSPS) is 15.4. The molecule has 0 saturated heterocycles. The second kappa shape index (κ2) is 6.31. The second-order valence-electron chi connectivity index (χ2n) is 7.13. The van der Waals surface area contributed by atoms with Crippen molar-refractivity contribution in [1.29, 1.82) is 0 Å². The summed E-state index contributed by atoms with van der Waals surface area (Å²) in [6.07, 6.45) is 4.41. The van der Waals surface area contributed by atoms with Crippen molar-refractivity contribution in [2.45, 2.75) is 29.8 Å². The van der Waals surface area contributed by atoms with Crippen LogP contribution in [0.3, 0.4) is 0 Å². The summed E-state index contributed by atoms with van der Waals surface area (Å²) in [5.41, 5.74) is 3.43. The number of fused-ring (bicyclic) bond motifs is 2. The van der Waals surface area contributed by atoms with Gasteiger partial charge in [0.25, 0.3) is 0 Å². The van der Waals surface area contributed by atoms with Crippen molar-refractivity contribution in [3.8, 4) is 22.9 Å². The van der Waals surface area contributed by atoms with Gasteiger partial charge in [-0.25, -0.2) is 0 Å². The topological polar surface area (TPSA) is 65.0 Å². The summed E-state index contributed by atoms with van der Waals surface area (Å²) in [6.45, 7) is 0.302. The summed E-state index contributed by atoms with van der Waals surface area (Å²) in [4.78, 5) is 3.35. The lowest BCUT2D eigenvalue weighted by Crippen LogP contribution is -1.99. The number of hydrogen-bond acceptors (Lipinski definition) is 5. The monoisotopic (exact) mass is 390 g/mol. The summed E-state index contributed by atoms with van der Waals surface area (Å²) >= 11 is 1.72. The summed E-state index contributed by atoms with van der Waals surface area (Å²) in [7, 11) is 0. The van der Waals surface area contributed by atoms with E-state index in [1.807, 2.05) is 24.4 Å². The highest BCUT2D eigenvalue weighted by molar-refractivity contribution is 7.98. The first-order chi connectivity index (χ1) is 13.9. The van der Waals surface area contributed by atoms with Crippen LogP contribution in [0.15, 0.2) is 53.8 Å². The molecular formula is C21H18N4O2S. The van der Waals surface area contributed by atoms with Crippen LogP contribution in [0.25, 0.3) is 22.3 Å². The number of rotatable bonds is 5. The van der Waals surface area contributed by atoms with Gasteiger partial charge in [0, 0.05) is 34.5 Å². The average Bonchev–Trinajstić information content (AvgIpc) is 3.15. The Kier molecular flexibility index (Phi) is 3.62. The molecule has 2 aromatic carbocycles. The quantitative estimate of drug-likeness (QED) is 0.497. The van der Waals surface area contributed by atoms with Crippen molar-refractivity contribution in [3.05, 3.63) is 54.2 Å². The molecule has 6 nitrogen and oxygen atoms in total. The zero-order valence-corrected chi connectivity index (χ0v) is 15.9. The fraction of sp³-hybridized carbons (Fsp3) is 0.238. The maximum absolute atomic E-state index is 5.49. The number of nitrogens with one attached hydrogen (secondary N) is 1. The minimum Gasteiger partial charge on any atom is -0.454 e. The molecule has 2 aliphatic rings. The summed E-state index contributed by atoms with van der Waals surface area (Å²) in [5, 5.41) is 11.3. The van der Waals surface area contributed by atoms with Crippen molar-refractivity contribution in [2.75, 3.05) is 6.79 Å². The Balaban J connectivity index is 1.32. The van der Waals surface area contributed by atoms with E-state index in [-0.39, 0.29) is 0 Å². The predicted molar refractivity (Wildman–Crippen MR) is 108 cm³/mol. The summed E-state index contributed by atoms with van der Waals surface area (Å²) in [6, 6.07) is 14.9. The van der Waals surface area contributed by atoms with Crippen LogP contribution in [0, 0.1) is 0 Å². The maximum atomic E-state index is 5.49. The summed E-state index contributed by atoms with van der Waals surface area (Å²) in [5.74, 6) is 3.40. The first-order valence-electron chi connectivity index (χ1n) is 9.39. The van der Waals surface area contributed by atoms with E-state index in [1.54, 1.807) is 11.8 Å². The standard InChI is InChI=1S/C21H18N4O2S/c1-2-4-17-15(3-1)16(10-22-17)20-23-24-21(25(20)14-6-7-14)28-11-13-5-8-18-19(9-13)27-12-26-18/h1-5,8-10,14,22H,6-7,11-12H2. The van der Waals surface area contributed by atoms with Crippen LogP contribution in [0.5, 0.6) is 11.5 Å². The molecule has 1 N–H and O–H groups in total. The Hall–Kier alpha value is -2.93. The van der Waals surface area contributed by atoms with Crippen LogP contribution < -0.4 is 9.47 Å². The van der Waals surface area contributed by atoms with Crippen molar-refractivity contribution in [2.24, 2.45) is 0 Å². The minimum absolute atomic E-state index is 0.302. The van der Waals surface area contributed by atoms with Gasteiger partial charge in [-0.3, -0.25) is 4.57 Å². The number of aromatic nitrogens is 4. The molecule has 7 heteroatoms. The molecule has 0 atom stereocenters. The molecule has 0 spiro atoms. The smallest absolute Gasteiger partial charge is 0.231 e. The minimum atomic E-state index is 0.302. The molecule has 140 valence electrons. The predicted octanol–water partition coefficient (Wildman–Crippen LogP) is 4.78. The Bertz CT molecular complexity index is 1180. The van der Waals surface area contributed by atoms with Crippen molar-refractivity contribution >= 4 is 22.7 Å². The molecule has 3 heterocycles. The van der Waals surface area contributed by atoms with Gasteiger partial charge < -0.3 is 14.5 Å². The van der Waals surface area contributed by atoms with Crippen molar-refractivity contribution in [3.63, 3.8) is 0 Å². The molecule has 1 aliphatic heterocycles. The zero-order chi connectivity index (χ0) is 18.5. The van der Waals surface area contributed by atoms with Crippen LogP contribution in [0.1, 0.15) is 24.4 Å². The number of para-hydroxylation sites is 1. The highest BCUT2D eigenvalue weighted by Gasteiger charge is 2.31. The molecule has 0 radical (unpaired) electrons. The van der Waals surface area contributed by atoms with E-state index in [0.29, 0.717) is 12.8 Å². The molecule has 4 aromatic rings. The highest BCUT2D eigenvalue weighted by atomic mass is 32.2. The number of H-pyrrole nitrogens is 1. The molecule has 2 aromatic heterocycles. The van der Waals surface area contributed by atoms with Crippen LogP contribution in [-0.2, 0) is 5.75 Å². The molecule has 0 amide bonds. The van der Waals surface area contributed by atoms with Gasteiger partial charge in [-0.05, 0) is 36.6 Å². The van der Waals surface area contributed by atoms with Gasteiger partial charge in [0.15, 0.2) is 22.5 Å². The van der Waals surface area contributed by atoms with Crippen LogP contribution in [-0.4, -0.2) is 26.5 Å². The Labute approximate surface area is 165 Å². The molecule has 6 rings (SSSR count). The summed E-state index contributed by atoms with van der Waals surface area (Å²) < 4.78 is 13.2. The first-order valence-corrected chi connectivity index (χ1v) is 10.4. The maximum Gasteiger partial charge on any atom is 0.231 e. The number of aromatic amines is 1. The van der Waals surface area contributed by atoms with E-state index >= 15 is 0 Å². The third kappa shape index (κ3) is 2.65. The number of nitrogens with zero attached hydrogens (tertiary/aromatic N) is 3. The number of thioether (sulfide) groups is 1. The number of ether oxygens (including phenoxy) is 2. The van der Waals surface area contributed by atoms with Gasteiger partial charge in [0.2, 0.25) is 6.79 Å². The van der Waals surface area contributed by atoms with E-state index in [4.69, 9.17) is 9.47 Å². The molecule has 1 saturated carbocycles. The van der Waals surface area contributed by atoms with Crippen molar-refractivity contribution in [1.82, 2.24) is 19.7 Å². The zero-order valence-electron chi connectivity index (χ0n) is 15.1. The first kappa shape index (κ1) is 16.1. The van der Waals surface area contributed by atoms with E-state index < -0.39 is 0 Å². The lowest BCUT2D eigenvalue weighted by Gasteiger charge is -2.08. The van der Waals surface area contributed by atoms with E-state index in [0.717, 1.165) is 39.3 Å². The lowest BCUT2D eigenvalue weighted by atomic mass is 10.1. The SMILES string of the molecule is c1ccc2c(-c3nnc(SCc4ccc5c(c4)OCO5)n3C3CC3)c[nH]c2c1. The van der Waals surface area contributed by atoms with Gasteiger partial charge in [0.05, 0.1) is 0 Å². The van der Waals surface area contributed by atoms with Crippen LogP contribution >= 0.6 is 11.8 Å². The van der Waals surface area contributed by atoms with Gasteiger partial charge in [-0.15, -0.1) is 10.2 Å². The number of benzene rings is 2. The van der Waals surface area contributed by atoms with Gasteiger partial charge in [0.1, 0.15) is 0 Å². The molecular weight excluding hydrogens is 372 g/mol.